The van der Waals surface area contributed by atoms with Crippen LogP contribution < -0.4 is 4.72 Å². The van der Waals surface area contributed by atoms with Crippen molar-refractivity contribution in [2.24, 2.45) is 5.92 Å². The Hall–Kier alpha value is -0.830. The van der Waals surface area contributed by atoms with Crippen LogP contribution in [0.2, 0.25) is 0 Å². The van der Waals surface area contributed by atoms with Crippen LogP contribution >= 0.6 is 15.9 Å². The topological polar surface area (TPSA) is 77.5 Å². The molecule has 0 aromatic carbocycles. The minimum Gasteiger partial charge on any atom is -0.598 e. The number of ether oxygens (including phenoxy) is 1. The molecule has 1 aromatic heterocycles. The summed E-state index contributed by atoms with van der Waals surface area (Å²) in [5.74, 6) is 0.349. The molecule has 176 valence electrons. The number of carbonyl (C=O) groups is 1. The van der Waals surface area contributed by atoms with Crippen LogP contribution in [0.3, 0.4) is 0 Å². The van der Waals surface area contributed by atoms with Gasteiger partial charge in [-0.05, 0) is 92.7 Å². The molecule has 0 spiro atoms. The van der Waals surface area contributed by atoms with E-state index in [4.69, 9.17) is 4.74 Å². The van der Waals surface area contributed by atoms with Crippen LogP contribution in [0.4, 0.5) is 4.79 Å². The third-order valence-corrected chi connectivity index (χ3v) is 7.45. The molecule has 1 saturated heterocycles. The number of hydrogen-bond donors (Lipinski definition) is 1. The monoisotopic (exact) mass is 515 g/mol. The van der Waals surface area contributed by atoms with E-state index in [-0.39, 0.29) is 22.4 Å². The lowest BCUT2D eigenvalue weighted by molar-refractivity contribution is 0.0131. The zero-order valence-corrected chi connectivity index (χ0v) is 22.5. The standard InChI is InChI=1S/C23H38BrN3O3S/c1-21(2,3)30-20(28)27-15-16(14-23(27,7)8)9-10-18(26-31(29)22(4,5)6)19-13-17(24)11-12-25-19/h11-13,16,18,26H,9-10,14-15H2,1-8H3/t16-,18?,31?/m0/s1. The fraction of sp³-hybridized carbons (Fsp3) is 0.739. The van der Waals surface area contributed by atoms with Crippen LogP contribution in [-0.4, -0.2) is 43.0 Å². The second-order valence-electron chi connectivity index (χ2n) is 11.0. The molecule has 31 heavy (non-hydrogen) atoms. The Labute approximate surface area is 199 Å². The Morgan fingerprint density at radius 3 is 2.58 bits per heavy atom. The van der Waals surface area contributed by atoms with E-state index in [0.717, 1.165) is 29.4 Å². The SMILES string of the molecule is CC(C)(C)OC(=O)N1C[C@@H](CCC(N[S+]([O-])C(C)(C)C)c2cc(Br)ccn2)CC1(C)C. The number of nitrogens with zero attached hydrogens (tertiary/aromatic N) is 2. The van der Waals surface area contributed by atoms with Gasteiger partial charge in [-0.2, -0.15) is 0 Å². The molecule has 1 amide bonds. The Morgan fingerprint density at radius 1 is 1.39 bits per heavy atom. The summed E-state index contributed by atoms with van der Waals surface area (Å²) in [5.41, 5.74) is 0.107. The third kappa shape index (κ3) is 7.91. The average Bonchev–Trinajstić information content (AvgIpc) is 2.90. The van der Waals surface area contributed by atoms with Crippen molar-refractivity contribution in [2.45, 2.75) is 96.6 Å². The molecule has 0 radical (unpaired) electrons. The van der Waals surface area contributed by atoms with Gasteiger partial charge in [0.1, 0.15) is 10.3 Å². The van der Waals surface area contributed by atoms with Gasteiger partial charge in [0.15, 0.2) is 0 Å². The van der Waals surface area contributed by atoms with Gasteiger partial charge in [0.25, 0.3) is 0 Å². The number of rotatable bonds is 6. The molecule has 1 aliphatic rings. The van der Waals surface area contributed by atoms with E-state index >= 15 is 0 Å². The van der Waals surface area contributed by atoms with Gasteiger partial charge in [-0.15, -0.1) is 4.72 Å². The molecule has 1 aliphatic heterocycles. The predicted molar refractivity (Wildman–Crippen MR) is 130 cm³/mol. The molecule has 3 atom stereocenters. The van der Waals surface area contributed by atoms with Crippen molar-refractivity contribution in [1.29, 1.82) is 0 Å². The first-order chi connectivity index (χ1) is 14.1. The summed E-state index contributed by atoms with van der Waals surface area (Å²) in [7, 11) is 0. The van der Waals surface area contributed by atoms with Crippen molar-refractivity contribution in [1.82, 2.24) is 14.6 Å². The summed E-state index contributed by atoms with van der Waals surface area (Å²) in [4.78, 5) is 19.1. The maximum atomic E-state index is 12.8. The van der Waals surface area contributed by atoms with E-state index < -0.39 is 17.0 Å². The van der Waals surface area contributed by atoms with Crippen molar-refractivity contribution in [2.75, 3.05) is 6.54 Å². The smallest absolute Gasteiger partial charge is 0.410 e. The molecule has 1 N–H and O–H groups in total. The van der Waals surface area contributed by atoms with Gasteiger partial charge in [0.05, 0.1) is 11.7 Å². The average molecular weight is 517 g/mol. The zero-order chi connectivity index (χ0) is 23.6. The summed E-state index contributed by atoms with van der Waals surface area (Å²) in [6, 6.07) is 3.74. The van der Waals surface area contributed by atoms with Crippen LogP contribution in [0.5, 0.6) is 0 Å². The van der Waals surface area contributed by atoms with E-state index in [1.807, 2.05) is 58.6 Å². The van der Waals surface area contributed by atoms with E-state index in [2.05, 4.69) is 39.5 Å². The number of hydrogen-bond acceptors (Lipinski definition) is 5. The van der Waals surface area contributed by atoms with Crippen molar-refractivity contribution in [3.63, 3.8) is 0 Å². The minimum absolute atomic E-state index is 0.128. The lowest BCUT2D eigenvalue weighted by Crippen LogP contribution is -2.45. The summed E-state index contributed by atoms with van der Waals surface area (Å²) in [6.45, 7) is 16.4. The fourth-order valence-corrected chi connectivity index (χ4v) is 5.01. The first kappa shape index (κ1) is 26.4. The number of amides is 1. The van der Waals surface area contributed by atoms with Crippen LogP contribution in [0, 0.1) is 5.92 Å². The Bertz CT molecular complexity index is 761. The molecule has 2 heterocycles. The number of likely N-dealkylation sites (tertiary alicyclic amines) is 1. The maximum Gasteiger partial charge on any atom is 0.410 e. The van der Waals surface area contributed by atoms with Gasteiger partial charge in [0, 0.05) is 34.1 Å². The number of nitrogens with one attached hydrogen (secondary N) is 1. The Kier molecular flexibility index (Phi) is 8.50. The van der Waals surface area contributed by atoms with Gasteiger partial charge in [0.2, 0.25) is 0 Å². The van der Waals surface area contributed by atoms with E-state index in [1.165, 1.54) is 0 Å². The highest BCUT2D eigenvalue weighted by Gasteiger charge is 2.43. The molecule has 0 aliphatic carbocycles. The van der Waals surface area contributed by atoms with Gasteiger partial charge in [-0.1, -0.05) is 15.9 Å². The summed E-state index contributed by atoms with van der Waals surface area (Å²) >= 11 is 2.31. The molecule has 0 bridgehead atoms. The van der Waals surface area contributed by atoms with Crippen LogP contribution in [0.15, 0.2) is 22.8 Å². The number of pyridine rings is 1. The van der Waals surface area contributed by atoms with Crippen molar-refractivity contribution in [3.8, 4) is 0 Å². The highest BCUT2D eigenvalue weighted by atomic mass is 79.9. The van der Waals surface area contributed by atoms with Crippen LogP contribution in [0.1, 0.15) is 86.4 Å². The Balaban J connectivity index is 2.09. The molecule has 8 heteroatoms. The van der Waals surface area contributed by atoms with E-state index in [0.29, 0.717) is 12.5 Å². The largest absolute Gasteiger partial charge is 0.598 e. The van der Waals surface area contributed by atoms with Crippen LogP contribution in [-0.2, 0) is 16.1 Å². The number of aromatic nitrogens is 1. The summed E-state index contributed by atoms with van der Waals surface area (Å²) in [5, 5.41) is 0. The van der Waals surface area contributed by atoms with Gasteiger partial charge in [-0.3, -0.25) is 4.98 Å². The fourth-order valence-electron chi connectivity index (χ4n) is 3.81. The molecular formula is C23H38BrN3O3S. The molecule has 6 nitrogen and oxygen atoms in total. The highest BCUT2D eigenvalue weighted by molar-refractivity contribution is 9.10. The first-order valence-electron chi connectivity index (χ1n) is 10.9. The molecule has 0 saturated carbocycles. The first-order valence-corrected chi connectivity index (χ1v) is 12.8. The van der Waals surface area contributed by atoms with Gasteiger partial charge >= 0.3 is 6.09 Å². The van der Waals surface area contributed by atoms with Gasteiger partial charge in [-0.25, -0.2) is 4.79 Å². The highest BCUT2D eigenvalue weighted by Crippen LogP contribution is 2.37. The van der Waals surface area contributed by atoms with E-state index in [1.54, 1.807) is 6.20 Å². The molecule has 2 rings (SSSR count). The molecular weight excluding hydrogens is 478 g/mol. The molecule has 2 unspecified atom stereocenters. The molecule has 1 fully saturated rings. The van der Waals surface area contributed by atoms with Crippen molar-refractivity contribution in [3.05, 3.63) is 28.5 Å². The lowest BCUT2D eigenvalue weighted by atomic mass is 9.91. The normalized spacial score (nSPS) is 21.1. The van der Waals surface area contributed by atoms with Crippen molar-refractivity contribution >= 4 is 33.4 Å². The van der Waals surface area contributed by atoms with Crippen molar-refractivity contribution < 1.29 is 14.1 Å². The number of carbonyl (C=O) groups excluding carboxylic acids is 1. The maximum absolute atomic E-state index is 12.8. The predicted octanol–water partition coefficient (Wildman–Crippen LogP) is 5.75. The zero-order valence-electron chi connectivity index (χ0n) is 20.1. The second kappa shape index (κ2) is 9.98. The minimum atomic E-state index is -1.21. The third-order valence-electron chi connectivity index (χ3n) is 5.34. The summed E-state index contributed by atoms with van der Waals surface area (Å²) < 4.78 is 22.3. The van der Waals surface area contributed by atoms with Crippen LogP contribution in [0.25, 0.3) is 0 Å². The van der Waals surface area contributed by atoms with E-state index in [9.17, 15) is 9.35 Å². The number of halogens is 1. The summed E-state index contributed by atoms with van der Waals surface area (Å²) in [6.07, 6.45) is 4.10. The lowest BCUT2D eigenvalue weighted by Gasteiger charge is -2.33. The van der Waals surface area contributed by atoms with Gasteiger partial charge < -0.3 is 14.2 Å². The molecule has 1 aromatic rings. The Morgan fingerprint density at radius 2 is 2.03 bits per heavy atom. The second-order valence-corrected chi connectivity index (χ2v) is 13.9. The quantitative estimate of drug-likeness (QED) is 0.487.